The lowest BCUT2D eigenvalue weighted by atomic mass is 10.2. The lowest BCUT2D eigenvalue weighted by Crippen LogP contribution is -2.25. The number of hydrogen-bond acceptors (Lipinski definition) is 6. The van der Waals surface area contributed by atoms with Crippen LogP contribution in [-0.2, 0) is 4.79 Å². The molecule has 1 aromatic heterocycles. The summed E-state index contributed by atoms with van der Waals surface area (Å²) in [5.41, 5.74) is 0.853. The standard InChI is InChI=1S/C16H12BrClN6O3/c1-9(16(25)19-14-7-6-12(24(26)27)8-13(14)18)23-21-15(20-22-23)10-2-4-11(17)5-3-10/h2-9H,1H3,(H,19,25). The van der Waals surface area contributed by atoms with Crippen LogP contribution >= 0.6 is 27.5 Å². The number of nitrogens with one attached hydrogen (secondary N) is 1. The van der Waals surface area contributed by atoms with Gasteiger partial charge in [-0.05, 0) is 42.5 Å². The first-order chi connectivity index (χ1) is 12.8. The van der Waals surface area contributed by atoms with E-state index in [4.69, 9.17) is 11.6 Å². The largest absolute Gasteiger partial charge is 0.323 e. The van der Waals surface area contributed by atoms with E-state index in [2.05, 4.69) is 36.7 Å². The Balaban J connectivity index is 1.74. The Morgan fingerprint density at radius 3 is 2.63 bits per heavy atom. The van der Waals surface area contributed by atoms with Gasteiger partial charge in [-0.15, -0.1) is 10.2 Å². The highest BCUT2D eigenvalue weighted by molar-refractivity contribution is 9.10. The van der Waals surface area contributed by atoms with E-state index >= 15 is 0 Å². The van der Waals surface area contributed by atoms with Crippen LogP contribution in [0.15, 0.2) is 46.9 Å². The molecule has 11 heteroatoms. The predicted molar refractivity (Wildman–Crippen MR) is 102 cm³/mol. The van der Waals surface area contributed by atoms with Gasteiger partial charge in [0.05, 0.1) is 15.6 Å². The maximum absolute atomic E-state index is 12.4. The van der Waals surface area contributed by atoms with Gasteiger partial charge in [-0.2, -0.15) is 4.80 Å². The minimum Gasteiger partial charge on any atom is -0.323 e. The van der Waals surface area contributed by atoms with E-state index in [9.17, 15) is 14.9 Å². The van der Waals surface area contributed by atoms with E-state index in [0.717, 1.165) is 10.0 Å². The summed E-state index contributed by atoms with van der Waals surface area (Å²) in [6.07, 6.45) is 0. The highest BCUT2D eigenvalue weighted by atomic mass is 79.9. The molecular formula is C16H12BrClN6O3. The maximum atomic E-state index is 12.4. The third kappa shape index (κ3) is 4.29. The van der Waals surface area contributed by atoms with Gasteiger partial charge in [0, 0.05) is 22.2 Å². The molecule has 1 unspecified atom stereocenters. The second kappa shape index (κ2) is 7.80. The van der Waals surface area contributed by atoms with Crippen molar-refractivity contribution in [2.45, 2.75) is 13.0 Å². The number of rotatable bonds is 5. The fraction of sp³-hybridized carbons (Fsp3) is 0.125. The quantitative estimate of drug-likeness (QED) is 0.465. The van der Waals surface area contributed by atoms with Gasteiger partial charge < -0.3 is 5.32 Å². The van der Waals surface area contributed by atoms with Crippen LogP contribution in [0.4, 0.5) is 11.4 Å². The molecule has 0 aliphatic heterocycles. The summed E-state index contributed by atoms with van der Waals surface area (Å²) in [7, 11) is 0. The second-order valence-electron chi connectivity index (χ2n) is 5.53. The zero-order valence-electron chi connectivity index (χ0n) is 13.8. The van der Waals surface area contributed by atoms with Crippen LogP contribution in [0.5, 0.6) is 0 Å². The fourth-order valence-electron chi connectivity index (χ4n) is 2.16. The van der Waals surface area contributed by atoms with Gasteiger partial charge in [0.25, 0.3) is 11.6 Å². The summed E-state index contributed by atoms with van der Waals surface area (Å²) in [6.45, 7) is 1.60. The molecule has 0 aliphatic carbocycles. The molecule has 1 amide bonds. The average Bonchev–Trinajstić information content (AvgIpc) is 3.13. The van der Waals surface area contributed by atoms with Gasteiger partial charge in [-0.1, -0.05) is 27.5 Å². The molecule has 1 heterocycles. The Bertz CT molecular complexity index is 1010. The van der Waals surface area contributed by atoms with Gasteiger partial charge in [0.2, 0.25) is 5.82 Å². The molecule has 1 N–H and O–H groups in total. The lowest BCUT2D eigenvalue weighted by molar-refractivity contribution is -0.384. The van der Waals surface area contributed by atoms with Crippen molar-refractivity contribution in [2.75, 3.05) is 5.32 Å². The number of tetrazole rings is 1. The number of nitro groups is 1. The Morgan fingerprint density at radius 2 is 2.00 bits per heavy atom. The minimum atomic E-state index is -0.770. The lowest BCUT2D eigenvalue weighted by Gasteiger charge is -2.11. The predicted octanol–water partition coefficient (Wildman–Crippen LogP) is 3.86. The van der Waals surface area contributed by atoms with Gasteiger partial charge in [0.1, 0.15) is 6.04 Å². The van der Waals surface area contributed by atoms with Crippen molar-refractivity contribution < 1.29 is 9.72 Å². The molecule has 2 aromatic carbocycles. The van der Waals surface area contributed by atoms with Crippen molar-refractivity contribution in [3.63, 3.8) is 0 Å². The van der Waals surface area contributed by atoms with Gasteiger partial charge >= 0.3 is 0 Å². The molecule has 0 saturated heterocycles. The van der Waals surface area contributed by atoms with Crippen molar-refractivity contribution in [1.29, 1.82) is 0 Å². The number of carbonyl (C=O) groups is 1. The number of nitrogens with zero attached hydrogens (tertiary/aromatic N) is 5. The number of halogens is 2. The number of benzene rings is 2. The van der Waals surface area contributed by atoms with E-state index in [0.29, 0.717) is 5.82 Å². The molecule has 9 nitrogen and oxygen atoms in total. The molecular weight excluding hydrogens is 440 g/mol. The van der Waals surface area contributed by atoms with Crippen LogP contribution in [0.1, 0.15) is 13.0 Å². The number of hydrogen-bond donors (Lipinski definition) is 1. The first-order valence-electron chi connectivity index (χ1n) is 7.65. The molecule has 0 bridgehead atoms. The molecule has 138 valence electrons. The number of carbonyl (C=O) groups excluding carboxylic acids is 1. The van der Waals surface area contributed by atoms with Crippen molar-refractivity contribution in [3.05, 3.63) is 62.1 Å². The molecule has 3 aromatic rings. The summed E-state index contributed by atoms with van der Waals surface area (Å²) < 4.78 is 0.923. The maximum Gasteiger partial charge on any atom is 0.271 e. The van der Waals surface area contributed by atoms with Gasteiger partial charge in [-0.25, -0.2) is 0 Å². The summed E-state index contributed by atoms with van der Waals surface area (Å²) >= 11 is 9.34. The van der Waals surface area contributed by atoms with E-state index < -0.39 is 16.9 Å². The fourth-order valence-corrected chi connectivity index (χ4v) is 2.65. The molecule has 3 rings (SSSR count). The number of aromatic nitrogens is 4. The Morgan fingerprint density at radius 1 is 1.30 bits per heavy atom. The Kier molecular flexibility index (Phi) is 5.47. The summed E-state index contributed by atoms with van der Waals surface area (Å²) in [5.74, 6) is -0.0546. The van der Waals surface area contributed by atoms with E-state index in [1.54, 1.807) is 6.92 Å². The first kappa shape index (κ1) is 18.9. The number of non-ortho nitro benzene ring substituents is 1. The minimum absolute atomic E-state index is 0.0619. The summed E-state index contributed by atoms with van der Waals surface area (Å²) in [6, 6.07) is 10.4. The zero-order chi connectivity index (χ0) is 19.6. The Hall–Kier alpha value is -2.85. The molecule has 0 saturated carbocycles. The highest BCUT2D eigenvalue weighted by Gasteiger charge is 2.20. The first-order valence-corrected chi connectivity index (χ1v) is 8.82. The van der Waals surface area contributed by atoms with Crippen LogP contribution < -0.4 is 5.32 Å². The molecule has 1 atom stereocenters. The monoisotopic (exact) mass is 450 g/mol. The number of amides is 1. The van der Waals surface area contributed by atoms with Gasteiger partial charge in [-0.3, -0.25) is 14.9 Å². The highest BCUT2D eigenvalue weighted by Crippen LogP contribution is 2.27. The molecule has 0 radical (unpaired) electrons. The van der Waals surface area contributed by atoms with E-state index in [1.165, 1.54) is 23.0 Å². The third-order valence-corrected chi connectivity index (χ3v) is 4.52. The van der Waals surface area contributed by atoms with Crippen molar-refractivity contribution in [2.24, 2.45) is 0 Å². The van der Waals surface area contributed by atoms with E-state index in [1.807, 2.05) is 24.3 Å². The average molecular weight is 452 g/mol. The molecule has 0 fully saturated rings. The van der Waals surface area contributed by atoms with Crippen molar-refractivity contribution in [3.8, 4) is 11.4 Å². The summed E-state index contributed by atoms with van der Waals surface area (Å²) in [5, 5.41) is 25.5. The summed E-state index contributed by atoms with van der Waals surface area (Å²) in [4.78, 5) is 23.8. The molecule has 27 heavy (non-hydrogen) atoms. The Labute approximate surface area is 166 Å². The van der Waals surface area contributed by atoms with Crippen molar-refractivity contribution >= 4 is 44.8 Å². The van der Waals surface area contributed by atoms with E-state index in [-0.39, 0.29) is 16.4 Å². The molecule has 0 spiro atoms. The van der Waals surface area contributed by atoms with Crippen LogP contribution in [0.3, 0.4) is 0 Å². The number of nitro benzene ring substituents is 1. The third-order valence-electron chi connectivity index (χ3n) is 3.68. The van der Waals surface area contributed by atoms with Crippen LogP contribution in [-0.4, -0.2) is 31.0 Å². The number of anilines is 1. The zero-order valence-corrected chi connectivity index (χ0v) is 16.2. The SMILES string of the molecule is CC(C(=O)Nc1ccc([N+](=O)[O-])cc1Cl)n1nnc(-c2ccc(Br)cc2)n1. The van der Waals surface area contributed by atoms with Gasteiger partial charge in [0.15, 0.2) is 0 Å². The van der Waals surface area contributed by atoms with Crippen LogP contribution in [0.2, 0.25) is 5.02 Å². The second-order valence-corrected chi connectivity index (χ2v) is 6.85. The molecule has 0 aliphatic rings. The smallest absolute Gasteiger partial charge is 0.271 e. The normalized spacial score (nSPS) is 11.8. The van der Waals surface area contributed by atoms with Crippen LogP contribution in [0.25, 0.3) is 11.4 Å². The topological polar surface area (TPSA) is 116 Å². The van der Waals surface area contributed by atoms with Crippen molar-refractivity contribution in [1.82, 2.24) is 20.2 Å². The van der Waals surface area contributed by atoms with Crippen LogP contribution in [0, 0.1) is 10.1 Å².